The first kappa shape index (κ1) is 17.4. The Labute approximate surface area is 144 Å². The molecule has 1 amide bonds. The number of piperazine rings is 1. The lowest BCUT2D eigenvalue weighted by Crippen LogP contribution is -2.61. The minimum absolute atomic E-state index is 0.0393. The van der Waals surface area contributed by atoms with E-state index >= 15 is 0 Å². The molecule has 0 radical (unpaired) electrons. The second kappa shape index (κ2) is 6.84. The summed E-state index contributed by atoms with van der Waals surface area (Å²) in [5, 5.41) is 0. The Morgan fingerprint density at radius 1 is 1.12 bits per heavy atom. The molecule has 2 aliphatic heterocycles. The van der Waals surface area contributed by atoms with E-state index in [4.69, 9.17) is 0 Å². The summed E-state index contributed by atoms with van der Waals surface area (Å²) >= 11 is 0. The average molecular weight is 350 g/mol. The lowest BCUT2D eigenvalue weighted by Gasteiger charge is -2.44. The second-order valence-electron chi connectivity index (χ2n) is 7.35. The third kappa shape index (κ3) is 3.81. The fourth-order valence-corrected chi connectivity index (χ4v) is 5.91. The zero-order valence-corrected chi connectivity index (χ0v) is 15.2. The van der Waals surface area contributed by atoms with Gasteiger partial charge in [0.05, 0.1) is 24.0 Å². The normalized spacial score (nSPS) is 26.5. The first-order chi connectivity index (χ1) is 11.4. The van der Waals surface area contributed by atoms with E-state index in [0.29, 0.717) is 18.9 Å². The molecule has 24 heavy (non-hydrogen) atoms. The predicted octanol–water partition coefficient (Wildman–Crippen LogP) is 1.19. The lowest BCUT2D eigenvalue weighted by molar-refractivity contribution is -0.136. The van der Waals surface area contributed by atoms with Gasteiger partial charge in [0.15, 0.2) is 9.84 Å². The summed E-state index contributed by atoms with van der Waals surface area (Å²) in [5.41, 5.74) is 0.976. The van der Waals surface area contributed by atoms with Crippen molar-refractivity contribution in [3.05, 3.63) is 35.9 Å². The number of nitrogens with zero attached hydrogens (tertiary/aromatic N) is 2. The van der Waals surface area contributed by atoms with Crippen LogP contribution in [0.3, 0.4) is 0 Å². The highest BCUT2D eigenvalue weighted by Crippen LogP contribution is 2.28. The number of carbonyl (C=O) groups is 1. The molecule has 5 nitrogen and oxygen atoms in total. The zero-order chi connectivity index (χ0) is 17.3. The second-order valence-corrected chi connectivity index (χ2v) is 9.50. The van der Waals surface area contributed by atoms with E-state index in [0.717, 1.165) is 18.7 Å². The number of benzene rings is 1. The van der Waals surface area contributed by atoms with Crippen LogP contribution in [0.2, 0.25) is 0 Å². The molecular formula is C18H26N2O3S. The third-order valence-electron chi connectivity index (χ3n) is 4.91. The molecule has 2 saturated heterocycles. The molecule has 2 heterocycles. The van der Waals surface area contributed by atoms with E-state index in [1.165, 1.54) is 0 Å². The molecule has 1 aromatic carbocycles. The van der Waals surface area contributed by atoms with Crippen LogP contribution in [0.15, 0.2) is 30.3 Å². The van der Waals surface area contributed by atoms with Gasteiger partial charge in [0.25, 0.3) is 0 Å². The molecule has 2 atom stereocenters. The van der Waals surface area contributed by atoms with E-state index in [9.17, 15) is 13.2 Å². The van der Waals surface area contributed by atoms with E-state index in [2.05, 4.69) is 18.7 Å². The van der Waals surface area contributed by atoms with Gasteiger partial charge in [0.1, 0.15) is 0 Å². The van der Waals surface area contributed by atoms with Crippen molar-refractivity contribution in [2.75, 3.05) is 31.1 Å². The highest BCUT2D eigenvalue weighted by Gasteiger charge is 2.47. The molecule has 0 aromatic heterocycles. The van der Waals surface area contributed by atoms with Crippen LogP contribution >= 0.6 is 0 Å². The van der Waals surface area contributed by atoms with Gasteiger partial charge in [-0.25, -0.2) is 8.42 Å². The number of hydrogen-bond donors (Lipinski definition) is 0. The number of rotatable bonds is 4. The van der Waals surface area contributed by atoms with Crippen molar-refractivity contribution < 1.29 is 13.2 Å². The zero-order valence-electron chi connectivity index (χ0n) is 14.4. The van der Waals surface area contributed by atoms with Gasteiger partial charge < -0.3 is 4.90 Å². The van der Waals surface area contributed by atoms with Gasteiger partial charge >= 0.3 is 0 Å². The molecule has 132 valence electrons. The number of amides is 1. The maximum atomic E-state index is 12.8. The fourth-order valence-electron chi connectivity index (χ4n) is 3.90. The molecule has 0 saturated carbocycles. The smallest absolute Gasteiger partial charge is 0.227 e. The lowest BCUT2D eigenvalue weighted by atomic mass is 10.0. The molecule has 6 heteroatoms. The minimum atomic E-state index is -3.07. The molecule has 2 fully saturated rings. The van der Waals surface area contributed by atoms with Gasteiger partial charge in [0, 0.05) is 25.7 Å². The van der Waals surface area contributed by atoms with Gasteiger partial charge in [0.2, 0.25) is 5.91 Å². The highest BCUT2D eigenvalue weighted by atomic mass is 32.2. The van der Waals surface area contributed by atoms with Crippen LogP contribution in [0, 0.1) is 5.92 Å². The van der Waals surface area contributed by atoms with Crippen molar-refractivity contribution in [2.24, 2.45) is 5.92 Å². The Kier molecular flexibility index (Phi) is 4.97. The number of fused-ring (bicyclic) bond motifs is 1. The molecule has 0 aliphatic carbocycles. The summed E-state index contributed by atoms with van der Waals surface area (Å²) in [4.78, 5) is 16.9. The largest absolute Gasteiger partial charge is 0.336 e. The van der Waals surface area contributed by atoms with Gasteiger partial charge in [-0.3, -0.25) is 9.69 Å². The Morgan fingerprint density at radius 2 is 1.79 bits per heavy atom. The van der Waals surface area contributed by atoms with Crippen LogP contribution in [0.5, 0.6) is 0 Å². The third-order valence-corrected chi connectivity index (χ3v) is 6.61. The standard InChI is InChI=1S/C18H26N2O3S/c1-14(2)11-19-8-9-20(17-13-24(22,23)12-16(17)19)18(21)10-15-6-4-3-5-7-15/h3-7,14,16-17H,8-13H2,1-2H3/t16-,17+/m1/s1. The van der Waals surface area contributed by atoms with E-state index in [1.54, 1.807) is 0 Å². The van der Waals surface area contributed by atoms with E-state index in [-0.39, 0.29) is 29.5 Å². The highest BCUT2D eigenvalue weighted by molar-refractivity contribution is 7.91. The van der Waals surface area contributed by atoms with Crippen molar-refractivity contribution in [1.29, 1.82) is 0 Å². The van der Waals surface area contributed by atoms with Gasteiger partial charge in [-0.1, -0.05) is 44.2 Å². The van der Waals surface area contributed by atoms with Crippen LogP contribution < -0.4 is 0 Å². The average Bonchev–Trinajstić information content (AvgIpc) is 2.83. The molecule has 0 unspecified atom stereocenters. The Morgan fingerprint density at radius 3 is 2.46 bits per heavy atom. The van der Waals surface area contributed by atoms with Crippen LogP contribution in [-0.4, -0.2) is 67.3 Å². The van der Waals surface area contributed by atoms with Crippen LogP contribution in [0.25, 0.3) is 0 Å². The number of carbonyl (C=O) groups excluding carboxylic acids is 1. The molecular weight excluding hydrogens is 324 g/mol. The predicted molar refractivity (Wildman–Crippen MR) is 94.5 cm³/mol. The van der Waals surface area contributed by atoms with Gasteiger partial charge in [-0.2, -0.15) is 0 Å². The molecule has 3 rings (SSSR count). The molecule has 0 N–H and O–H groups in total. The van der Waals surface area contributed by atoms with Gasteiger partial charge in [-0.05, 0) is 11.5 Å². The summed E-state index contributed by atoms with van der Waals surface area (Å²) in [5.74, 6) is 0.810. The molecule has 0 bridgehead atoms. The topological polar surface area (TPSA) is 57.7 Å². The summed E-state index contributed by atoms with van der Waals surface area (Å²) in [6, 6.07) is 9.41. The summed E-state index contributed by atoms with van der Waals surface area (Å²) in [6.45, 7) is 6.55. The van der Waals surface area contributed by atoms with E-state index in [1.807, 2.05) is 35.2 Å². The van der Waals surface area contributed by atoms with Crippen LogP contribution in [0.1, 0.15) is 19.4 Å². The quantitative estimate of drug-likeness (QED) is 0.819. The van der Waals surface area contributed by atoms with Gasteiger partial charge in [-0.15, -0.1) is 0 Å². The summed E-state index contributed by atoms with van der Waals surface area (Å²) < 4.78 is 24.4. The van der Waals surface area contributed by atoms with E-state index < -0.39 is 9.84 Å². The van der Waals surface area contributed by atoms with Crippen molar-refractivity contribution in [3.63, 3.8) is 0 Å². The molecule has 0 spiro atoms. The van der Waals surface area contributed by atoms with Crippen molar-refractivity contribution in [2.45, 2.75) is 32.4 Å². The number of sulfone groups is 1. The van der Waals surface area contributed by atoms with Crippen LogP contribution in [-0.2, 0) is 21.1 Å². The number of hydrogen-bond acceptors (Lipinski definition) is 4. The van der Waals surface area contributed by atoms with Crippen molar-refractivity contribution >= 4 is 15.7 Å². The maximum Gasteiger partial charge on any atom is 0.227 e. The first-order valence-corrected chi connectivity index (χ1v) is 10.5. The Bertz CT molecular complexity index is 687. The summed E-state index contributed by atoms with van der Waals surface area (Å²) in [6.07, 6.45) is 0.342. The van der Waals surface area contributed by atoms with Crippen LogP contribution in [0.4, 0.5) is 0 Å². The maximum absolute atomic E-state index is 12.8. The Balaban J connectivity index is 1.76. The summed E-state index contributed by atoms with van der Waals surface area (Å²) in [7, 11) is -3.07. The SMILES string of the molecule is CC(C)CN1CCN(C(=O)Cc2ccccc2)[C@H]2CS(=O)(=O)C[C@H]21. The molecule has 2 aliphatic rings. The van der Waals surface area contributed by atoms with Crippen molar-refractivity contribution in [3.8, 4) is 0 Å². The molecule has 1 aromatic rings. The van der Waals surface area contributed by atoms with Crippen molar-refractivity contribution in [1.82, 2.24) is 9.80 Å². The Hall–Kier alpha value is -1.40. The minimum Gasteiger partial charge on any atom is -0.336 e. The first-order valence-electron chi connectivity index (χ1n) is 8.63. The fraction of sp³-hybridized carbons (Fsp3) is 0.611. The monoisotopic (exact) mass is 350 g/mol.